The van der Waals surface area contributed by atoms with E-state index in [2.05, 4.69) is 242 Å². The number of benzene rings is 10. The first-order valence-electron chi connectivity index (χ1n) is 20.9. The molecule has 0 bridgehead atoms. The molecular weight excluding hydrogens is 741 g/mol. The molecule has 11 aromatic rings. The highest BCUT2D eigenvalue weighted by atomic mass is 16.3. The lowest BCUT2D eigenvalue weighted by Crippen LogP contribution is -2.12. The highest BCUT2D eigenvalue weighted by Crippen LogP contribution is 2.45. The summed E-state index contributed by atoms with van der Waals surface area (Å²) in [6.45, 7) is 4.37. The van der Waals surface area contributed by atoms with Crippen molar-refractivity contribution in [2.45, 2.75) is 13.8 Å². The van der Waals surface area contributed by atoms with Crippen LogP contribution in [-0.4, -0.2) is 0 Å². The first-order chi connectivity index (χ1) is 30.1. The Balaban J connectivity index is 1.04. The van der Waals surface area contributed by atoms with Gasteiger partial charge in [0.05, 0.1) is 11.4 Å². The first kappa shape index (κ1) is 36.2. The van der Waals surface area contributed by atoms with E-state index in [1.165, 1.54) is 44.2 Å². The minimum Gasteiger partial charge on any atom is -0.456 e. The van der Waals surface area contributed by atoms with Crippen molar-refractivity contribution in [1.29, 1.82) is 0 Å². The molecule has 0 radical (unpaired) electrons. The van der Waals surface area contributed by atoms with Gasteiger partial charge in [-0.05, 0) is 130 Å². The van der Waals surface area contributed by atoms with Gasteiger partial charge in [0.15, 0.2) is 0 Å². The number of nitrogens with zero attached hydrogens (tertiary/aromatic N) is 2. The van der Waals surface area contributed by atoms with Crippen LogP contribution in [0.3, 0.4) is 0 Å². The van der Waals surface area contributed by atoms with Crippen molar-refractivity contribution < 1.29 is 4.42 Å². The molecule has 61 heavy (non-hydrogen) atoms. The Hall–Kier alpha value is -7.88. The molecule has 0 aliphatic rings. The molecule has 0 saturated carbocycles. The van der Waals surface area contributed by atoms with E-state index >= 15 is 0 Å². The van der Waals surface area contributed by atoms with E-state index in [1.54, 1.807) is 0 Å². The summed E-state index contributed by atoms with van der Waals surface area (Å²) in [7, 11) is 0. The summed E-state index contributed by atoms with van der Waals surface area (Å²) in [6, 6.07) is 78.5. The average molecular weight is 783 g/mol. The van der Waals surface area contributed by atoms with Gasteiger partial charge in [-0.2, -0.15) is 0 Å². The number of hydrogen-bond donors (Lipinski definition) is 0. The Kier molecular flexibility index (Phi) is 8.94. The number of rotatable bonds is 8. The summed E-state index contributed by atoms with van der Waals surface area (Å²) >= 11 is 0. The number of fused-ring (bicyclic) bond motifs is 5. The molecule has 11 rings (SSSR count). The van der Waals surface area contributed by atoms with Crippen LogP contribution in [0.2, 0.25) is 0 Å². The van der Waals surface area contributed by atoms with Gasteiger partial charge in [0, 0.05) is 44.6 Å². The van der Waals surface area contributed by atoms with Crippen molar-refractivity contribution >= 4 is 77.6 Å². The Morgan fingerprint density at radius 3 is 1.11 bits per heavy atom. The van der Waals surface area contributed by atoms with E-state index in [4.69, 9.17) is 4.42 Å². The second-order valence-corrected chi connectivity index (χ2v) is 15.9. The van der Waals surface area contributed by atoms with Crippen molar-refractivity contribution in [3.8, 4) is 22.3 Å². The van der Waals surface area contributed by atoms with Gasteiger partial charge in [0.1, 0.15) is 11.2 Å². The Labute approximate surface area is 356 Å². The fourth-order valence-corrected chi connectivity index (χ4v) is 9.02. The van der Waals surface area contributed by atoms with E-state index in [0.29, 0.717) is 0 Å². The van der Waals surface area contributed by atoms with Crippen molar-refractivity contribution in [3.63, 3.8) is 0 Å². The molecule has 0 saturated heterocycles. The number of aryl methyl sites for hydroxylation is 2. The zero-order valence-electron chi connectivity index (χ0n) is 34.1. The van der Waals surface area contributed by atoms with Crippen molar-refractivity contribution in [1.82, 2.24) is 0 Å². The fraction of sp³-hybridized carbons (Fsp3) is 0.0345. The van der Waals surface area contributed by atoms with Crippen molar-refractivity contribution in [2.75, 3.05) is 9.80 Å². The summed E-state index contributed by atoms with van der Waals surface area (Å²) in [5.41, 5.74) is 15.6. The molecule has 10 aromatic carbocycles. The van der Waals surface area contributed by atoms with Crippen LogP contribution in [0.25, 0.3) is 65.7 Å². The van der Waals surface area contributed by atoms with Crippen LogP contribution in [0.15, 0.2) is 223 Å². The topological polar surface area (TPSA) is 19.6 Å². The smallest absolute Gasteiger partial charge is 0.136 e. The highest BCUT2D eigenvalue weighted by Gasteiger charge is 2.21. The van der Waals surface area contributed by atoms with Crippen molar-refractivity contribution in [3.05, 3.63) is 230 Å². The van der Waals surface area contributed by atoms with E-state index in [1.807, 2.05) is 0 Å². The summed E-state index contributed by atoms with van der Waals surface area (Å²) in [6.07, 6.45) is 0. The Bertz CT molecular complexity index is 3180. The normalized spacial score (nSPS) is 11.4. The third kappa shape index (κ3) is 6.48. The third-order valence-corrected chi connectivity index (χ3v) is 12.0. The largest absolute Gasteiger partial charge is 0.456 e. The molecule has 1 heterocycles. The van der Waals surface area contributed by atoms with E-state index in [-0.39, 0.29) is 0 Å². The van der Waals surface area contributed by atoms with Gasteiger partial charge < -0.3 is 14.2 Å². The zero-order valence-corrected chi connectivity index (χ0v) is 34.1. The Morgan fingerprint density at radius 1 is 0.311 bits per heavy atom. The van der Waals surface area contributed by atoms with Gasteiger partial charge in [0.25, 0.3) is 0 Å². The standard InChI is InChI=1S/C58H42N2O/c1-39-17-9-13-25-53(39)59(55-27-15-11-23-49(55)41-19-5-3-6-20-41)47-31-29-43-35-51-52-36-44-30-32-48(34-46(44)38-58(52)61-57(51)37-45(43)33-47)60(54-26-14-10-18-40(54)2)56-28-16-12-24-50(56)42-21-7-4-8-22-42/h3-38H,1-2H3. The molecule has 0 amide bonds. The first-order valence-corrected chi connectivity index (χ1v) is 20.9. The Morgan fingerprint density at radius 2 is 0.689 bits per heavy atom. The molecule has 0 unspecified atom stereocenters. The lowest BCUT2D eigenvalue weighted by atomic mass is 9.99. The third-order valence-electron chi connectivity index (χ3n) is 12.0. The maximum absolute atomic E-state index is 6.77. The zero-order chi connectivity index (χ0) is 40.9. The van der Waals surface area contributed by atoms with Gasteiger partial charge in [-0.25, -0.2) is 0 Å². The molecule has 0 aliphatic heterocycles. The molecule has 1 aromatic heterocycles. The van der Waals surface area contributed by atoms with Crippen LogP contribution in [0, 0.1) is 13.8 Å². The monoisotopic (exact) mass is 782 g/mol. The van der Waals surface area contributed by atoms with Crippen LogP contribution in [-0.2, 0) is 0 Å². The van der Waals surface area contributed by atoms with E-state index < -0.39 is 0 Å². The molecule has 3 nitrogen and oxygen atoms in total. The van der Waals surface area contributed by atoms with Crippen molar-refractivity contribution in [2.24, 2.45) is 0 Å². The van der Waals surface area contributed by atoms with Crippen LogP contribution in [0.5, 0.6) is 0 Å². The molecule has 0 fully saturated rings. The number of hydrogen-bond acceptors (Lipinski definition) is 3. The van der Waals surface area contributed by atoms with Crippen LogP contribution in [0.1, 0.15) is 11.1 Å². The summed E-state index contributed by atoms with van der Waals surface area (Å²) in [4.78, 5) is 4.78. The second kappa shape index (κ2) is 15.1. The van der Waals surface area contributed by atoms with Crippen LogP contribution in [0.4, 0.5) is 34.1 Å². The predicted molar refractivity (Wildman–Crippen MR) is 258 cm³/mol. The average Bonchev–Trinajstić information content (AvgIpc) is 3.65. The van der Waals surface area contributed by atoms with Gasteiger partial charge in [-0.15, -0.1) is 0 Å². The SMILES string of the molecule is Cc1ccccc1N(c1ccc2cc3c(cc2c1)oc1cc2cc(N(c4ccccc4C)c4ccccc4-c4ccccc4)ccc2cc13)c1ccccc1-c1ccccc1. The maximum atomic E-state index is 6.77. The lowest BCUT2D eigenvalue weighted by Gasteiger charge is -2.29. The van der Waals surface area contributed by atoms with Gasteiger partial charge >= 0.3 is 0 Å². The number of anilines is 6. The molecule has 290 valence electrons. The molecule has 0 spiro atoms. The summed E-state index contributed by atoms with van der Waals surface area (Å²) in [5, 5.41) is 6.81. The number of furan rings is 1. The molecule has 3 heteroatoms. The second-order valence-electron chi connectivity index (χ2n) is 15.9. The summed E-state index contributed by atoms with van der Waals surface area (Å²) < 4.78 is 6.77. The minimum atomic E-state index is 0.876. The number of para-hydroxylation sites is 4. The van der Waals surface area contributed by atoms with Gasteiger partial charge in [0.2, 0.25) is 0 Å². The van der Waals surface area contributed by atoms with Gasteiger partial charge in [-0.1, -0.05) is 146 Å². The summed E-state index contributed by atoms with van der Waals surface area (Å²) in [5.74, 6) is 0. The molecule has 0 aliphatic carbocycles. The van der Waals surface area contributed by atoms with E-state index in [9.17, 15) is 0 Å². The van der Waals surface area contributed by atoms with Crippen LogP contribution < -0.4 is 9.80 Å². The van der Waals surface area contributed by atoms with Gasteiger partial charge in [-0.3, -0.25) is 0 Å². The molecular formula is C58H42N2O. The molecule has 0 atom stereocenters. The van der Waals surface area contributed by atoms with Crippen LogP contribution >= 0.6 is 0 Å². The maximum Gasteiger partial charge on any atom is 0.136 e. The minimum absolute atomic E-state index is 0.876. The molecule has 0 N–H and O–H groups in total. The fourth-order valence-electron chi connectivity index (χ4n) is 9.02. The quantitative estimate of drug-likeness (QED) is 0.153. The predicted octanol–water partition coefficient (Wildman–Crippen LogP) is 16.8. The lowest BCUT2D eigenvalue weighted by molar-refractivity contribution is 0.670. The van der Waals surface area contributed by atoms with E-state index in [0.717, 1.165) is 66.8 Å². The highest BCUT2D eigenvalue weighted by molar-refractivity contribution is 6.14.